The largest absolute Gasteiger partial charge is 0.329 e. The maximum absolute atomic E-state index is 13.0. The molecule has 0 aromatic carbocycles. The lowest BCUT2D eigenvalue weighted by atomic mass is 10.0. The summed E-state index contributed by atoms with van der Waals surface area (Å²) in [6.45, 7) is 2.18. The fourth-order valence-corrected chi connectivity index (χ4v) is 2.94. The molecule has 1 saturated heterocycles. The Morgan fingerprint density at radius 3 is 3.13 bits per heavy atom. The zero-order chi connectivity index (χ0) is 15.6. The Hall–Kier alpha value is -2.80. The van der Waals surface area contributed by atoms with Crippen LogP contribution < -0.4 is 5.32 Å². The third kappa shape index (κ3) is 2.55. The van der Waals surface area contributed by atoms with Gasteiger partial charge in [-0.3, -0.25) is 14.2 Å². The molecular formula is C16H16N6O. The molecule has 0 bridgehead atoms. The molecule has 7 heteroatoms. The second-order valence-corrected chi connectivity index (χ2v) is 5.52. The van der Waals surface area contributed by atoms with Crippen molar-refractivity contribution in [2.75, 3.05) is 19.6 Å². The summed E-state index contributed by atoms with van der Waals surface area (Å²) in [6, 6.07) is 7.50. The van der Waals surface area contributed by atoms with Gasteiger partial charge in [0.1, 0.15) is 6.33 Å². The van der Waals surface area contributed by atoms with Gasteiger partial charge in [-0.15, -0.1) is 10.2 Å². The minimum Gasteiger partial charge on any atom is -0.329 e. The lowest BCUT2D eigenvalue weighted by Gasteiger charge is -2.36. The quantitative estimate of drug-likeness (QED) is 0.761. The van der Waals surface area contributed by atoms with Crippen LogP contribution in [0.2, 0.25) is 0 Å². The molecule has 0 saturated carbocycles. The Bertz CT molecular complexity index is 831. The van der Waals surface area contributed by atoms with Crippen LogP contribution in [0.3, 0.4) is 0 Å². The second-order valence-electron chi connectivity index (χ2n) is 5.52. The van der Waals surface area contributed by atoms with Crippen molar-refractivity contribution in [3.05, 3.63) is 60.3 Å². The van der Waals surface area contributed by atoms with E-state index in [9.17, 15) is 4.79 Å². The van der Waals surface area contributed by atoms with Crippen molar-refractivity contribution in [1.82, 2.24) is 29.8 Å². The van der Waals surface area contributed by atoms with Crippen LogP contribution in [0, 0.1) is 0 Å². The van der Waals surface area contributed by atoms with Gasteiger partial charge < -0.3 is 10.2 Å². The van der Waals surface area contributed by atoms with Crippen LogP contribution >= 0.6 is 0 Å². The zero-order valence-corrected chi connectivity index (χ0v) is 12.5. The Morgan fingerprint density at radius 1 is 1.30 bits per heavy atom. The van der Waals surface area contributed by atoms with Crippen LogP contribution in [-0.2, 0) is 0 Å². The van der Waals surface area contributed by atoms with Crippen LogP contribution in [0.25, 0.3) is 5.65 Å². The van der Waals surface area contributed by atoms with Crippen molar-refractivity contribution in [1.29, 1.82) is 0 Å². The first kappa shape index (κ1) is 13.8. The number of fused-ring (bicyclic) bond motifs is 1. The van der Waals surface area contributed by atoms with Gasteiger partial charge >= 0.3 is 0 Å². The maximum Gasteiger partial charge on any atom is 0.255 e. The fraction of sp³-hybridized carbons (Fsp3) is 0.250. The Morgan fingerprint density at radius 2 is 2.26 bits per heavy atom. The fourth-order valence-electron chi connectivity index (χ4n) is 2.94. The summed E-state index contributed by atoms with van der Waals surface area (Å²) < 4.78 is 1.76. The normalized spacial score (nSPS) is 18.3. The molecule has 1 unspecified atom stereocenters. The molecular weight excluding hydrogens is 292 g/mol. The lowest BCUT2D eigenvalue weighted by Crippen LogP contribution is -2.48. The highest BCUT2D eigenvalue weighted by Gasteiger charge is 2.28. The van der Waals surface area contributed by atoms with E-state index >= 15 is 0 Å². The average molecular weight is 308 g/mol. The molecule has 3 aromatic heterocycles. The molecule has 0 spiro atoms. The minimum absolute atomic E-state index is 0.0101. The molecule has 7 nitrogen and oxygen atoms in total. The van der Waals surface area contributed by atoms with Crippen molar-refractivity contribution in [3.8, 4) is 0 Å². The van der Waals surface area contributed by atoms with E-state index in [1.807, 2.05) is 29.3 Å². The summed E-state index contributed by atoms with van der Waals surface area (Å²) in [5.74, 6) is 0.0101. The first-order valence-corrected chi connectivity index (χ1v) is 7.54. The molecule has 1 atom stereocenters. The number of rotatable bonds is 2. The van der Waals surface area contributed by atoms with Crippen molar-refractivity contribution < 1.29 is 4.79 Å². The third-order valence-electron chi connectivity index (χ3n) is 4.11. The first-order valence-electron chi connectivity index (χ1n) is 7.54. The van der Waals surface area contributed by atoms with E-state index in [0.717, 1.165) is 24.3 Å². The van der Waals surface area contributed by atoms with Gasteiger partial charge in [0.25, 0.3) is 5.91 Å². The lowest BCUT2D eigenvalue weighted by molar-refractivity contribution is 0.0633. The zero-order valence-electron chi connectivity index (χ0n) is 12.5. The highest BCUT2D eigenvalue weighted by molar-refractivity contribution is 5.94. The minimum atomic E-state index is -0.0124. The molecule has 1 amide bonds. The Kier molecular flexibility index (Phi) is 3.47. The highest BCUT2D eigenvalue weighted by Crippen LogP contribution is 2.23. The molecule has 1 aliphatic heterocycles. The number of hydrogen-bond donors (Lipinski definition) is 1. The van der Waals surface area contributed by atoms with Crippen LogP contribution in [0.5, 0.6) is 0 Å². The number of piperazine rings is 1. The van der Waals surface area contributed by atoms with Gasteiger partial charge in [0.2, 0.25) is 0 Å². The number of aromatic nitrogens is 4. The van der Waals surface area contributed by atoms with Gasteiger partial charge in [-0.25, -0.2) is 0 Å². The topological polar surface area (TPSA) is 75.4 Å². The van der Waals surface area contributed by atoms with E-state index in [-0.39, 0.29) is 11.9 Å². The van der Waals surface area contributed by atoms with E-state index in [0.29, 0.717) is 12.1 Å². The van der Waals surface area contributed by atoms with Gasteiger partial charge in [-0.2, -0.15) is 0 Å². The van der Waals surface area contributed by atoms with Crippen LogP contribution in [0.1, 0.15) is 22.0 Å². The first-order chi connectivity index (χ1) is 11.3. The summed E-state index contributed by atoms with van der Waals surface area (Å²) in [6.07, 6.45) is 6.94. The number of hydrogen-bond acceptors (Lipinski definition) is 5. The molecule has 116 valence electrons. The monoisotopic (exact) mass is 308 g/mol. The summed E-state index contributed by atoms with van der Waals surface area (Å²) in [5.41, 5.74) is 2.40. The number of carbonyl (C=O) groups is 1. The number of amides is 1. The number of carbonyl (C=O) groups excluding carboxylic acids is 1. The predicted octanol–water partition coefficient (Wildman–Crippen LogP) is 0.911. The summed E-state index contributed by atoms with van der Waals surface area (Å²) in [7, 11) is 0. The summed E-state index contributed by atoms with van der Waals surface area (Å²) >= 11 is 0. The molecule has 3 aromatic rings. The Labute approximate surface area is 133 Å². The maximum atomic E-state index is 13.0. The molecule has 1 aliphatic rings. The smallest absolute Gasteiger partial charge is 0.255 e. The highest BCUT2D eigenvalue weighted by atomic mass is 16.2. The molecule has 0 radical (unpaired) electrons. The average Bonchev–Trinajstić information content (AvgIpc) is 3.09. The van der Waals surface area contributed by atoms with Gasteiger partial charge in [0.05, 0.1) is 11.6 Å². The van der Waals surface area contributed by atoms with Crippen LogP contribution in [-0.4, -0.2) is 50.0 Å². The van der Waals surface area contributed by atoms with Gasteiger partial charge in [-0.05, 0) is 23.8 Å². The summed E-state index contributed by atoms with van der Waals surface area (Å²) in [4.78, 5) is 19.0. The third-order valence-corrected chi connectivity index (χ3v) is 4.11. The van der Waals surface area contributed by atoms with Crippen molar-refractivity contribution in [3.63, 3.8) is 0 Å². The van der Waals surface area contributed by atoms with Crippen molar-refractivity contribution in [2.45, 2.75) is 6.04 Å². The molecule has 0 aliphatic carbocycles. The van der Waals surface area contributed by atoms with Gasteiger partial charge in [0.15, 0.2) is 5.65 Å². The van der Waals surface area contributed by atoms with Crippen molar-refractivity contribution >= 4 is 11.6 Å². The molecule has 1 fully saturated rings. The molecule has 4 rings (SSSR count). The SMILES string of the molecule is O=C(c1ccc2nncn2c1)N1CCNCC1c1cccnc1. The molecule has 4 heterocycles. The Balaban J connectivity index is 1.67. The van der Waals surface area contributed by atoms with Crippen LogP contribution in [0.15, 0.2) is 49.2 Å². The van der Waals surface area contributed by atoms with E-state index in [1.54, 1.807) is 29.2 Å². The van der Waals surface area contributed by atoms with E-state index in [2.05, 4.69) is 20.5 Å². The number of nitrogens with zero attached hydrogens (tertiary/aromatic N) is 5. The van der Waals surface area contributed by atoms with Crippen molar-refractivity contribution in [2.24, 2.45) is 0 Å². The summed E-state index contributed by atoms with van der Waals surface area (Å²) in [5, 5.41) is 11.2. The number of pyridine rings is 2. The number of nitrogens with one attached hydrogen (secondary N) is 1. The van der Waals surface area contributed by atoms with E-state index < -0.39 is 0 Å². The van der Waals surface area contributed by atoms with E-state index in [4.69, 9.17) is 0 Å². The van der Waals surface area contributed by atoms with Gasteiger partial charge in [-0.1, -0.05) is 6.07 Å². The molecule has 1 N–H and O–H groups in total. The molecule has 23 heavy (non-hydrogen) atoms. The second kappa shape index (κ2) is 5.77. The standard InChI is InChI=1S/C16H16N6O/c23-16(13-3-4-15-20-19-11-21(15)10-13)22-7-6-18-9-14(22)12-2-1-5-17-8-12/h1-5,8,10-11,14,18H,6-7,9H2. The van der Waals surface area contributed by atoms with Crippen LogP contribution in [0.4, 0.5) is 0 Å². The predicted molar refractivity (Wildman–Crippen MR) is 83.9 cm³/mol. The van der Waals surface area contributed by atoms with Gasteiger partial charge in [0, 0.05) is 38.2 Å². The van der Waals surface area contributed by atoms with E-state index in [1.165, 1.54) is 0 Å².